The Kier molecular flexibility index (Phi) is 7.67. The summed E-state index contributed by atoms with van der Waals surface area (Å²) >= 11 is 8.43. The highest BCUT2D eigenvalue weighted by molar-refractivity contribution is 8.00. The van der Waals surface area contributed by atoms with Crippen molar-refractivity contribution in [1.82, 2.24) is 9.55 Å². The van der Waals surface area contributed by atoms with Crippen molar-refractivity contribution in [2.24, 2.45) is 0 Å². The van der Waals surface area contributed by atoms with Crippen LogP contribution < -0.4 is 15.6 Å². The van der Waals surface area contributed by atoms with Gasteiger partial charge in [-0.1, -0.05) is 23.4 Å². The van der Waals surface area contributed by atoms with Gasteiger partial charge in [0, 0.05) is 12.2 Å². The quantitative estimate of drug-likeness (QED) is 0.306. The number of thioether (sulfide) groups is 2. The smallest absolute Gasteiger partial charge is 0.416 e. The molecule has 12 heteroatoms. The molecule has 0 unspecified atom stereocenters. The number of amides is 1. The number of carbonyl (C=O) groups excluding carboxylic acids is 1. The van der Waals surface area contributed by atoms with Crippen molar-refractivity contribution in [2.75, 3.05) is 23.4 Å². The maximum atomic E-state index is 13.2. The molecule has 6 nitrogen and oxygen atoms in total. The summed E-state index contributed by atoms with van der Waals surface area (Å²) in [5, 5.41) is 2.71. The average Bonchev–Trinajstić information content (AvgIpc) is 3.28. The number of carbonyl (C=O) groups is 1. The summed E-state index contributed by atoms with van der Waals surface area (Å²) in [6.45, 7) is 2.37. The summed E-state index contributed by atoms with van der Waals surface area (Å²) in [6.07, 6.45) is -3.93. The van der Waals surface area contributed by atoms with Crippen LogP contribution in [0, 0.1) is 0 Å². The standard InChI is InChI=1S/C23H19ClF3N3O3S2/c1-2-33-15-6-4-14(5-7-15)30-21(32)20-17(9-10-34-20)29-22(30)35-12-19(31)28-18-11-13(23(25,26)27)3-8-16(18)24/h3-8,11H,2,9-10,12H2,1H3,(H,28,31). The highest BCUT2D eigenvalue weighted by Gasteiger charge is 2.31. The fraction of sp³-hybridized carbons (Fsp3) is 0.261. The molecule has 0 bridgehead atoms. The molecular formula is C23H19ClF3N3O3S2. The van der Waals surface area contributed by atoms with Crippen molar-refractivity contribution >= 4 is 46.7 Å². The lowest BCUT2D eigenvalue weighted by atomic mass is 10.2. The number of nitrogens with one attached hydrogen (secondary N) is 1. The Morgan fingerprint density at radius 3 is 2.69 bits per heavy atom. The van der Waals surface area contributed by atoms with E-state index in [0.29, 0.717) is 40.2 Å². The molecule has 1 aliphatic heterocycles. The molecule has 1 amide bonds. The molecule has 4 rings (SSSR count). The highest BCUT2D eigenvalue weighted by Crippen LogP contribution is 2.34. The number of anilines is 1. The van der Waals surface area contributed by atoms with Crippen molar-refractivity contribution in [1.29, 1.82) is 0 Å². The van der Waals surface area contributed by atoms with E-state index in [1.54, 1.807) is 24.3 Å². The number of alkyl halides is 3. The van der Waals surface area contributed by atoms with E-state index >= 15 is 0 Å². The predicted molar refractivity (Wildman–Crippen MR) is 131 cm³/mol. The number of nitrogens with zero attached hydrogens (tertiary/aromatic N) is 2. The van der Waals surface area contributed by atoms with Gasteiger partial charge in [-0.3, -0.25) is 14.2 Å². The maximum Gasteiger partial charge on any atom is 0.416 e. The van der Waals surface area contributed by atoms with Crippen LogP contribution in [0.5, 0.6) is 5.75 Å². The van der Waals surface area contributed by atoms with E-state index in [1.165, 1.54) is 16.3 Å². The van der Waals surface area contributed by atoms with Gasteiger partial charge in [0.15, 0.2) is 5.16 Å². The van der Waals surface area contributed by atoms with E-state index < -0.39 is 17.6 Å². The molecular weight excluding hydrogens is 523 g/mol. The largest absolute Gasteiger partial charge is 0.494 e. The number of rotatable bonds is 7. The molecule has 3 aromatic rings. The third kappa shape index (κ3) is 5.79. The van der Waals surface area contributed by atoms with E-state index in [9.17, 15) is 22.8 Å². The van der Waals surface area contributed by atoms with E-state index in [1.807, 2.05) is 6.92 Å². The lowest BCUT2D eigenvalue weighted by molar-refractivity contribution is -0.137. The van der Waals surface area contributed by atoms with Crippen LogP contribution in [0.25, 0.3) is 5.69 Å². The van der Waals surface area contributed by atoms with Crippen molar-refractivity contribution < 1.29 is 22.7 Å². The van der Waals surface area contributed by atoms with Gasteiger partial charge >= 0.3 is 6.18 Å². The second-order valence-corrected chi connectivity index (χ2v) is 9.82. The Morgan fingerprint density at radius 2 is 2.00 bits per heavy atom. The summed E-state index contributed by atoms with van der Waals surface area (Å²) in [6, 6.07) is 9.64. The van der Waals surface area contributed by atoms with Gasteiger partial charge in [-0.15, -0.1) is 11.8 Å². The molecule has 1 N–H and O–H groups in total. The predicted octanol–water partition coefficient (Wildman–Crippen LogP) is 5.68. The topological polar surface area (TPSA) is 73.2 Å². The monoisotopic (exact) mass is 541 g/mol. The molecule has 0 spiro atoms. The van der Waals surface area contributed by atoms with Gasteiger partial charge in [0.2, 0.25) is 5.91 Å². The van der Waals surface area contributed by atoms with Crippen LogP contribution in [-0.4, -0.2) is 33.6 Å². The molecule has 35 heavy (non-hydrogen) atoms. The Hall–Kier alpha value is -2.63. The van der Waals surface area contributed by atoms with Crippen LogP contribution >= 0.6 is 35.1 Å². The molecule has 2 aromatic carbocycles. The van der Waals surface area contributed by atoms with Crippen LogP contribution in [0.15, 0.2) is 57.3 Å². The number of ether oxygens (including phenoxy) is 1. The summed E-state index contributed by atoms with van der Waals surface area (Å²) in [5.74, 6) is 0.615. The van der Waals surface area contributed by atoms with Gasteiger partial charge in [0.05, 0.1) is 44.9 Å². The molecule has 0 radical (unpaired) electrons. The van der Waals surface area contributed by atoms with E-state index in [2.05, 4.69) is 10.3 Å². The van der Waals surface area contributed by atoms with Gasteiger partial charge in [-0.2, -0.15) is 13.2 Å². The van der Waals surface area contributed by atoms with Gasteiger partial charge in [0.1, 0.15) is 5.75 Å². The second-order valence-electron chi connectivity index (χ2n) is 7.37. The summed E-state index contributed by atoms with van der Waals surface area (Å²) in [4.78, 5) is 31.0. The van der Waals surface area contributed by atoms with E-state index in [-0.39, 0.29) is 22.0 Å². The number of benzene rings is 2. The van der Waals surface area contributed by atoms with Crippen molar-refractivity contribution in [3.63, 3.8) is 0 Å². The van der Waals surface area contributed by atoms with Crippen molar-refractivity contribution in [3.05, 3.63) is 69.1 Å². The fourth-order valence-electron chi connectivity index (χ4n) is 3.39. The molecule has 1 aliphatic rings. The molecule has 0 saturated carbocycles. The number of hydrogen-bond acceptors (Lipinski definition) is 6. The second kappa shape index (κ2) is 10.5. The lowest BCUT2D eigenvalue weighted by Crippen LogP contribution is -2.24. The van der Waals surface area contributed by atoms with Crippen LogP contribution in [0.1, 0.15) is 18.2 Å². The maximum absolute atomic E-state index is 13.2. The first-order valence-electron chi connectivity index (χ1n) is 10.5. The minimum atomic E-state index is -4.57. The summed E-state index contributed by atoms with van der Waals surface area (Å²) in [7, 11) is 0. The minimum absolute atomic E-state index is 0.0182. The molecule has 0 fully saturated rings. The van der Waals surface area contributed by atoms with Crippen LogP contribution in [0.4, 0.5) is 18.9 Å². The number of aromatic nitrogens is 2. The first-order valence-corrected chi connectivity index (χ1v) is 12.8. The molecule has 0 aliphatic carbocycles. The van der Waals surface area contributed by atoms with E-state index in [4.69, 9.17) is 16.3 Å². The Balaban J connectivity index is 1.58. The Morgan fingerprint density at radius 1 is 1.26 bits per heavy atom. The lowest BCUT2D eigenvalue weighted by Gasteiger charge is -2.15. The SMILES string of the molecule is CCOc1ccc(-n2c(SCC(=O)Nc3cc(C(F)(F)F)ccc3Cl)nc3c(c2=O)SCC3)cc1. The zero-order valence-corrected chi connectivity index (χ0v) is 20.7. The average molecular weight is 542 g/mol. The van der Waals surface area contributed by atoms with Gasteiger partial charge < -0.3 is 10.1 Å². The number of fused-ring (bicyclic) bond motifs is 1. The zero-order valence-electron chi connectivity index (χ0n) is 18.3. The Labute approximate surface area is 212 Å². The van der Waals surface area contributed by atoms with Crippen LogP contribution in [-0.2, 0) is 17.4 Å². The van der Waals surface area contributed by atoms with Crippen molar-refractivity contribution in [2.45, 2.75) is 29.6 Å². The Bertz CT molecular complexity index is 1310. The summed E-state index contributed by atoms with van der Waals surface area (Å²) in [5.41, 5.74) is -0.0668. The molecule has 184 valence electrons. The first kappa shape index (κ1) is 25.5. The summed E-state index contributed by atoms with van der Waals surface area (Å²) < 4.78 is 45.9. The van der Waals surface area contributed by atoms with Crippen molar-refractivity contribution in [3.8, 4) is 11.4 Å². The molecule has 0 atom stereocenters. The fourth-order valence-corrected chi connectivity index (χ4v) is 5.41. The molecule has 2 heterocycles. The number of halogens is 4. The van der Waals surface area contributed by atoms with E-state index in [0.717, 1.165) is 35.7 Å². The third-order valence-electron chi connectivity index (χ3n) is 4.97. The molecule has 1 aromatic heterocycles. The zero-order chi connectivity index (χ0) is 25.2. The normalized spacial score (nSPS) is 12.9. The number of hydrogen-bond donors (Lipinski definition) is 1. The molecule has 0 saturated heterocycles. The van der Waals surface area contributed by atoms with Crippen LogP contribution in [0.2, 0.25) is 5.02 Å². The number of aryl methyl sites for hydroxylation is 1. The van der Waals surface area contributed by atoms with Crippen LogP contribution in [0.3, 0.4) is 0 Å². The van der Waals surface area contributed by atoms with Gasteiger partial charge in [-0.25, -0.2) is 4.98 Å². The third-order valence-corrected chi connectivity index (χ3v) is 7.35. The minimum Gasteiger partial charge on any atom is -0.494 e. The van der Waals surface area contributed by atoms with Gasteiger partial charge in [-0.05, 0) is 49.4 Å². The first-order chi connectivity index (χ1) is 16.7. The highest BCUT2D eigenvalue weighted by atomic mass is 35.5. The van der Waals surface area contributed by atoms with Gasteiger partial charge in [0.25, 0.3) is 5.56 Å².